The van der Waals surface area contributed by atoms with Gasteiger partial charge >= 0.3 is 0 Å². The van der Waals surface area contributed by atoms with E-state index in [1.165, 1.54) is 11.8 Å². The third kappa shape index (κ3) is 4.86. The SMILES string of the molecule is NC(=O)CSc1ccccc1NC(=O)c1ccc(NC(=O)C2CC2)cc1. The summed E-state index contributed by atoms with van der Waals surface area (Å²) >= 11 is 1.27. The van der Waals surface area contributed by atoms with E-state index in [1.54, 1.807) is 36.4 Å². The molecule has 1 fully saturated rings. The van der Waals surface area contributed by atoms with E-state index in [0.29, 0.717) is 16.9 Å². The molecule has 2 aromatic rings. The molecular formula is C19H19N3O3S. The molecule has 3 amide bonds. The zero-order valence-electron chi connectivity index (χ0n) is 14.0. The average molecular weight is 369 g/mol. The largest absolute Gasteiger partial charge is 0.369 e. The lowest BCUT2D eigenvalue weighted by molar-refractivity contribution is -0.117. The number of thioether (sulfide) groups is 1. The van der Waals surface area contributed by atoms with Gasteiger partial charge < -0.3 is 16.4 Å². The van der Waals surface area contributed by atoms with Crippen molar-refractivity contribution < 1.29 is 14.4 Å². The zero-order chi connectivity index (χ0) is 18.5. The second-order valence-electron chi connectivity index (χ2n) is 6.05. The van der Waals surface area contributed by atoms with E-state index in [2.05, 4.69) is 10.6 Å². The third-order valence-electron chi connectivity index (χ3n) is 3.87. The van der Waals surface area contributed by atoms with E-state index in [0.717, 1.165) is 17.7 Å². The van der Waals surface area contributed by atoms with Crippen LogP contribution in [0, 0.1) is 5.92 Å². The van der Waals surface area contributed by atoms with Crippen LogP contribution >= 0.6 is 11.8 Å². The molecule has 26 heavy (non-hydrogen) atoms. The number of benzene rings is 2. The highest BCUT2D eigenvalue weighted by molar-refractivity contribution is 8.00. The normalized spacial score (nSPS) is 13.1. The number of hydrogen-bond acceptors (Lipinski definition) is 4. The smallest absolute Gasteiger partial charge is 0.255 e. The molecule has 0 radical (unpaired) electrons. The van der Waals surface area contributed by atoms with Gasteiger partial charge in [0.05, 0.1) is 11.4 Å². The van der Waals surface area contributed by atoms with Crippen molar-refractivity contribution in [3.05, 3.63) is 54.1 Å². The van der Waals surface area contributed by atoms with Crippen molar-refractivity contribution in [1.82, 2.24) is 0 Å². The van der Waals surface area contributed by atoms with Crippen molar-refractivity contribution >= 4 is 40.9 Å². The van der Waals surface area contributed by atoms with Gasteiger partial charge in [0, 0.05) is 22.1 Å². The molecule has 134 valence electrons. The van der Waals surface area contributed by atoms with Crippen LogP contribution in [0.4, 0.5) is 11.4 Å². The van der Waals surface area contributed by atoms with Crippen LogP contribution in [0.15, 0.2) is 53.4 Å². The predicted octanol–water partition coefficient (Wildman–Crippen LogP) is 2.86. The maximum absolute atomic E-state index is 12.5. The minimum atomic E-state index is -0.417. The van der Waals surface area contributed by atoms with Crippen LogP contribution in [0.5, 0.6) is 0 Å². The van der Waals surface area contributed by atoms with E-state index in [1.807, 2.05) is 12.1 Å². The van der Waals surface area contributed by atoms with Crippen LogP contribution < -0.4 is 16.4 Å². The summed E-state index contributed by atoms with van der Waals surface area (Å²) in [4.78, 5) is 36.0. The van der Waals surface area contributed by atoms with Crippen molar-refractivity contribution in [3.63, 3.8) is 0 Å². The zero-order valence-corrected chi connectivity index (χ0v) is 14.8. The Kier molecular flexibility index (Phi) is 5.58. The van der Waals surface area contributed by atoms with Gasteiger partial charge in [0.15, 0.2) is 0 Å². The summed E-state index contributed by atoms with van der Waals surface area (Å²) in [6, 6.07) is 14.0. The number of amides is 3. The molecule has 3 rings (SSSR count). The van der Waals surface area contributed by atoms with Gasteiger partial charge in [-0.2, -0.15) is 0 Å². The van der Waals surface area contributed by atoms with Crippen molar-refractivity contribution in [2.45, 2.75) is 17.7 Å². The quantitative estimate of drug-likeness (QED) is 0.653. The highest BCUT2D eigenvalue weighted by atomic mass is 32.2. The molecule has 0 atom stereocenters. The fraction of sp³-hybridized carbons (Fsp3) is 0.211. The number of primary amides is 1. The maximum Gasteiger partial charge on any atom is 0.255 e. The Hall–Kier alpha value is -2.80. The highest BCUT2D eigenvalue weighted by Crippen LogP contribution is 2.30. The van der Waals surface area contributed by atoms with E-state index in [4.69, 9.17) is 5.73 Å². The van der Waals surface area contributed by atoms with Gasteiger partial charge in [0.1, 0.15) is 0 Å². The molecule has 1 saturated carbocycles. The summed E-state index contributed by atoms with van der Waals surface area (Å²) in [5.41, 5.74) is 6.95. The van der Waals surface area contributed by atoms with Crippen LogP contribution in [-0.4, -0.2) is 23.5 Å². The van der Waals surface area contributed by atoms with Gasteiger partial charge in [-0.05, 0) is 49.2 Å². The number of rotatable bonds is 7. The lowest BCUT2D eigenvalue weighted by Crippen LogP contribution is -2.15. The molecule has 1 aliphatic rings. The minimum Gasteiger partial charge on any atom is -0.369 e. The van der Waals surface area contributed by atoms with Gasteiger partial charge in [0.25, 0.3) is 5.91 Å². The Labute approximate surface area is 155 Å². The summed E-state index contributed by atoms with van der Waals surface area (Å²) in [5, 5.41) is 5.68. The van der Waals surface area contributed by atoms with Crippen molar-refractivity contribution in [2.24, 2.45) is 11.7 Å². The number of anilines is 2. The monoisotopic (exact) mass is 369 g/mol. The summed E-state index contributed by atoms with van der Waals surface area (Å²) in [5.74, 6) is -0.380. The third-order valence-corrected chi connectivity index (χ3v) is 4.96. The van der Waals surface area contributed by atoms with Gasteiger partial charge in [-0.25, -0.2) is 0 Å². The standard InChI is InChI=1S/C19H19N3O3S/c20-17(23)11-26-16-4-2-1-3-15(16)22-19(25)13-7-9-14(10-8-13)21-18(24)12-5-6-12/h1-4,7-10,12H,5-6,11H2,(H2,20,23)(H,21,24)(H,22,25). The number of carbonyl (C=O) groups is 3. The van der Waals surface area contributed by atoms with Gasteiger partial charge in [-0.1, -0.05) is 12.1 Å². The molecule has 1 aliphatic carbocycles. The van der Waals surface area contributed by atoms with E-state index in [9.17, 15) is 14.4 Å². The van der Waals surface area contributed by atoms with Crippen molar-refractivity contribution in [1.29, 1.82) is 0 Å². The molecule has 7 heteroatoms. The minimum absolute atomic E-state index is 0.0302. The maximum atomic E-state index is 12.5. The number of carbonyl (C=O) groups excluding carboxylic acids is 3. The first-order chi connectivity index (χ1) is 12.5. The number of hydrogen-bond donors (Lipinski definition) is 3. The fourth-order valence-electron chi connectivity index (χ4n) is 2.33. The molecule has 0 unspecified atom stereocenters. The van der Waals surface area contributed by atoms with Crippen LogP contribution in [0.25, 0.3) is 0 Å². The molecule has 0 heterocycles. The number of nitrogens with one attached hydrogen (secondary N) is 2. The van der Waals surface area contributed by atoms with Gasteiger partial charge in [0.2, 0.25) is 11.8 Å². The Morgan fingerprint density at radius 2 is 1.69 bits per heavy atom. The van der Waals surface area contributed by atoms with Crippen molar-refractivity contribution in [3.8, 4) is 0 Å². The molecular weight excluding hydrogens is 350 g/mol. The first-order valence-electron chi connectivity index (χ1n) is 8.25. The van der Waals surface area contributed by atoms with Crippen molar-refractivity contribution in [2.75, 3.05) is 16.4 Å². The lowest BCUT2D eigenvalue weighted by atomic mass is 10.2. The second-order valence-corrected chi connectivity index (χ2v) is 7.06. The highest BCUT2D eigenvalue weighted by Gasteiger charge is 2.29. The predicted molar refractivity (Wildman–Crippen MR) is 102 cm³/mol. The molecule has 6 nitrogen and oxygen atoms in total. The molecule has 0 spiro atoms. The average Bonchev–Trinajstić information content (AvgIpc) is 3.46. The second kappa shape index (κ2) is 8.05. The van der Waals surface area contributed by atoms with Gasteiger partial charge in [-0.15, -0.1) is 11.8 Å². The van der Waals surface area contributed by atoms with E-state index >= 15 is 0 Å². The van der Waals surface area contributed by atoms with Crippen LogP contribution in [-0.2, 0) is 9.59 Å². The molecule has 2 aromatic carbocycles. The Balaban J connectivity index is 1.64. The molecule has 0 bridgehead atoms. The van der Waals surface area contributed by atoms with E-state index < -0.39 is 5.91 Å². The molecule has 4 N–H and O–H groups in total. The Morgan fingerprint density at radius 1 is 1.00 bits per heavy atom. The topological polar surface area (TPSA) is 101 Å². The summed E-state index contributed by atoms with van der Waals surface area (Å²) in [6.07, 6.45) is 1.89. The Bertz CT molecular complexity index is 832. The van der Waals surface area contributed by atoms with Crippen LogP contribution in [0.2, 0.25) is 0 Å². The molecule has 0 aliphatic heterocycles. The number of para-hydroxylation sites is 1. The number of nitrogens with two attached hydrogens (primary N) is 1. The lowest BCUT2D eigenvalue weighted by Gasteiger charge is -2.11. The molecule has 0 saturated heterocycles. The summed E-state index contributed by atoms with van der Waals surface area (Å²) in [7, 11) is 0. The first-order valence-corrected chi connectivity index (χ1v) is 9.24. The molecule has 0 aromatic heterocycles. The van der Waals surface area contributed by atoms with E-state index in [-0.39, 0.29) is 23.5 Å². The summed E-state index contributed by atoms with van der Waals surface area (Å²) in [6.45, 7) is 0. The Morgan fingerprint density at radius 3 is 2.35 bits per heavy atom. The van der Waals surface area contributed by atoms with Crippen LogP contribution in [0.1, 0.15) is 23.2 Å². The van der Waals surface area contributed by atoms with Crippen LogP contribution in [0.3, 0.4) is 0 Å². The van der Waals surface area contributed by atoms with Gasteiger partial charge in [-0.3, -0.25) is 14.4 Å². The fourth-order valence-corrected chi connectivity index (χ4v) is 3.08. The summed E-state index contributed by atoms with van der Waals surface area (Å²) < 4.78 is 0. The first kappa shape index (κ1) is 18.0.